The lowest BCUT2D eigenvalue weighted by molar-refractivity contribution is -0.136. The second-order valence-corrected chi connectivity index (χ2v) is 3.45. The Balaban J connectivity index is 0.00000106. The first-order valence-electron chi connectivity index (χ1n) is 5.64. The van der Waals surface area contributed by atoms with Crippen molar-refractivity contribution >= 4 is 5.97 Å². The first-order valence-corrected chi connectivity index (χ1v) is 5.64. The van der Waals surface area contributed by atoms with Crippen molar-refractivity contribution in [3.63, 3.8) is 0 Å². The molecule has 0 spiro atoms. The van der Waals surface area contributed by atoms with Gasteiger partial charge in [0.15, 0.2) is 0 Å². The minimum Gasteiger partial charge on any atom is -0.481 e. The van der Waals surface area contributed by atoms with Crippen molar-refractivity contribution in [2.75, 3.05) is 6.54 Å². The topological polar surface area (TPSA) is 63.3 Å². The molecule has 0 bridgehead atoms. The molecular weight excluding hydrogens is 202 g/mol. The highest BCUT2D eigenvalue weighted by molar-refractivity contribution is 5.70. The van der Waals surface area contributed by atoms with Gasteiger partial charge in [-0.25, -0.2) is 0 Å². The van der Waals surface area contributed by atoms with Crippen molar-refractivity contribution in [3.8, 4) is 0 Å². The molecule has 0 aromatic heterocycles. The summed E-state index contributed by atoms with van der Waals surface area (Å²) in [6.45, 7) is 6.61. The van der Waals surface area contributed by atoms with Gasteiger partial charge in [0, 0.05) is 0 Å². The van der Waals surface area contributed by atoms with E-state index in [0.717, 1.165) is 11.1 Å². The molecule has 3 nitrogen and oxygen atoms in total. The summed E-state index contributed by atoms with van der Waals surface area (Å²) in [7, 11) is 0. The number of carboxylic acid groups (broad SMARTS) is 1. The lowest BCUT2D eigenvalue weighted by Crippen LogP contribution is -2.09. The van der Waals surface area contributed by atoms with Crippen LogP contribution in [0.25, 0.3) is 0 Å². The van der Waals surface area contributed by atoms with E-state index in [4.69, 9.17) is 10.8 Å². The summed E-state index contributed by atoms with van der Waals surface area (Å²) >= 11 is 0. The van der Waals surface area contributed by atoms with Gasteiger partial charge < -0.3 is 10.8 Å². The fraction of sp³-hybridized carbons (Fsp3) is 0.462. The van der Waals surface area contributed by atoms with Crippen LogP contribution in [0, 0.1) is 0 Å². The quantitative estimate of drug-likeness (QED) is 0.823. The molecule has 3 heteroatoms. The molecule has 0 radical (unpaired) electrons. The number of nitrogens with two attached hydrogens (primary N) is 1. The number of rotatable bonds is 4. The van der Waals surface area contributed by atoms with Gasteiger partial charge in [-0.1, -0.05) is 45.0 Å². The maximum atomic E-state index is 10.5. The standard InChI is InChI=1S/C11H15NO2.C2H6/c1-8(7-12)10-4-2-3-9(5-10)6-11(13)14;1-2/h2-5,8H,6-7,12H2,1H3,(H,13,14);1-2H3. The normalized spacial score (nSPS) is 11.2. The van der Waals surface area contributed by atoms with Crippen LogP contribution in [0.3, 0.4) is 0 Å². The third-order valence-corrected chi connectivity index (χ3v) is 2.23. The largest absolute Gasteiger partial charge is 0.481 e. The van der Waals surface area contributed by atoms with E-state index in [2.05, 4.69) is 0 Å². The number of aliphatic carboxylic acids is 1. The summed E-state index contributed by atoms with van der Waals surface area (Å²) in [5.41, 5.74) is 7.47. The molecule has 0 aliphatic rings. The molecule has 0 aliphatic heterocycles. The highest BCUT2D eigenvalue weighted by atomic mass is 16.4. The van der Waals surface area contributed by atoms with Crippen molar-refractivity contribution in [1.29, 1.82) is 0 Å². The highest BCUT2D eigenvalue weighted by Crippen LogP contribution is 2.15. The zero-order chi connectivity index (χ0) is 12.6. The Hall–Kier alpha value is -1.35. The van der Waals surface area contributed by atoms with Crippen molar-refractivity contribution in [2.24, 2.45) is 5.73 Å². The number of benzene rings is 1. The van der Waals surface area contributed by atoms with Crippen LogP contribution in [0.1, 0.15) is 37.8 Å². The molecule has 0 saturated heterocycles. The molecule has 1 unspecified atom stereocenters. The second-order valence-electron chi connectivity index (χ2n) is 3.45. The van der Waals surface area contributed by atoms with Gasteiger partial charge in [-0.05, 0) is 23.6 Å². The van der Waals surface area contributed by atoms with Gasteiger partial charge in [0.05, 0.1) is 6.42 Å². The van der Waals surface area contributed by atoms with Crippen LogP contribution >= 0.6 is 0 Å². The molecule has 90 valence electrons. The minimum absolute atomic E-state index is 0.0745. The van der Waals surface area contributed by atoms with Crippen molar-refractivity contribution in [2.45, 2.75) is 33.1 Å². The van der Waals surface area contributed by atoms with Gasteiger partial charge in [0.25, 0.3) is 0 Å². The predicted molar refractivity (Wildman–Crippen MR) is 66.6 cm³/mol. The van der Waals surface area contributed by atoms with Crippen LogP contribution in [-0.4, -0.2) is 17.6 Å². The molecular formula is C13H21NO2. The molecule has 1 aromatic rings. The molecule has 0 heterocycles. The lowest BCUT2D eigenvalue weighted by atomic mass is 9.98. The van der Waals surface area contributed by atoms with E-state index in [9.17, 15) is 4.79 Å². The molecule has 1 rings (SSSR count). The highest BCUT2D eigenvalue weighted by Gasteiger charge is 2.05. The van der Waals surface area contributed by atoms with E-state index in [1.54, 1.807) is 0 Å². The Bertz CT molecular complexity index is 323. The van der Waals surface area contributed by atoms with Gasteiger partial charge in [0.2, 0.25) is 0 Å². The third-order valence-electron chi connectivity index (χ3n) is 2.23. The SMILES string of the molecule is CC.CC(CN)c1cccc(CC(=O)O)c1. The number of carboxylic acids is 1. The Kier molecular flexibility index (Phi) is 7.21. The molecule has 0 amide bonds. The average Bonchev–Trinajstić information content (AvgIpc) is 2.30. The van der Waals surface area contributed by atoms with E-state index in [-0.39, 0.29) is 12.3 Å². The van der Waals surface area contributed by atoms with E-state index in [1.165, 1.54) is 0 Å². The smallest absolute Gasteiger partial charge is 0.307 e. The van der Waals surface area contributed by atoms with E-state index in [1.807, 2.05) is 45.0 Å². The number of hydrogen-bond acceptors (Lipinski definition) is 2. The third kappa shape index (κ3) is 4.94. The zero-order valence-electron chi connectivity index (χ0n) is 10.2. The Morgan fingerprint density at radius 1 is 1.44 bits per heavy atom. The molecule has 3 N–H and O–H groups in total. The van der Waals surface area contributed by atoms with Crippen LogP contribution < -0.4 is 5.73 Å². The van der Waals surface area contributed by atoms with Gasteiger partial charge >= 0.3 is 5.97 Å². The number of hydrogen-bond donors (Lipinski definition) is 2. The van der Waals surface area contributed by atoms with Gasteiger partial charge in [0.1, 0.15) is 0 Å². The zero-order valence-corrected chi connectivity index (χ0v) is 10.2. The Morgan fingerprint density at radius 2 is 2.06 bits per heavy atom. The van der Waals surface area contributed by atoms with Gasteiger partial charge in [-0.15, -0.1) is 0 Å². The van der Waals surface area contributed by atoms with Crippen LogP contribution in [0.2, 0.25) is 0 Å². The van der Waals surface area contributed by atoms with Crippen LogP contribution in [0.4, 0.5) is 0 Å². The first kappa shape index (κ1) is 14.6. The van der Waals surface area contributed by atoms with Crippen molar-refractivity contribution in [1.82, 2.24) is 0 Å². The fourth-order valence-corrected chi connectivity index (χ4v) is 1.32. The Labute approximate surface area is 97.3 Å². The van der Waals surface area contributed by atoms with Gasteiger partial charge in [-0.2, -0.15) is 0 Å². The van der Waals surface area contributed by atoms with Crippen molar-refractivity contribution < 1.29 is 9.90 Å². The Morgan fingerprint density at radius 3 is 2.56 bits per heavy atom. The monoisotopic (exact) mass is 223 g/mol. The summed E-state index contributed by atoms with van der Waals surface area (Å²) in [5.74, 6) is -0.522. The fourth-order valence-electron chi connectivity index (χ4n) is 1.32. The summed E-state index contributed by atoms with van der Waals surface area (Å²) < 4.78 is 0. The molecule has 0 fully saturated rings. The average molecular weight is 223 g/mol. The molecule has 0 aliphatic carbocycles. The van der Waals surface area contributed by atoms with E-state index in [0.29, 0.717) is 6.54 Å². The van der Waals surface area contributed by atoms with Crippen LogP contribution in [0.5, 0.6) is 0 Å². The summed E-state index contributed by atoms with van der Waals surface area (Å²) in [6.07, 6.45) is 0.0745. The predicted octanol–water partition coefficient (Wildman–Crippen LogP) is 2.40. The molecule has 1 aromatic carbocycles. The van der Waals surface area contributed by atoms with Crippen LogP contribution in [0.15, 0.2) is 24.3 Å². The maximum absolute atomic E-state index is 10.5. The summed E-state index contributed by atoms with van der Waals surface area (Å²) in [4.78, 5) is 10.5. The van der Waals surface area contributed by atoms with Crippen LogP contribution in [-0.2, 0) is 11.2 Å². The first-order chi connectivity index (χ1) is 7.63. The van der Waals surface area contributed by atoms with Crippen molar-refractivity contribution in [3.05, 3.63) is 35.4 Å². The summed E-state index contributed by atoms with van der Waals surface area (Å²) in [5, 5.41) is 8.63. The van der Waals surface area contributed by atoms with E-state index >= 15 is 0 Å². The number of carbonyl (C=O) groups is 1. The molecule has 1 atom stereocenters. The lowest BCUT2D eigenvalue weighted by Gasteiger charge is -2.09. The molecule has 0 saturated carbocycles. The van der Waals surface area contributed by atoms with E-state index < -0.39 is 5.97 Å². The minimum atomic E-state index is -0.803. The molecule has 16 heavy (non-hydrogen) atoms. The maximum Gasteiger partial charge on any atom is 0.307 e. The second kappa shape index (κ2) is 7.88. The van der Waals surface area contributed by atoms with Gasteiger partial charge in [-0.3, -0.25) is 4.79 Å². The summed E-state index contributed by atoms with van der Waals surface area (Å²) in [6, 6.07) is 7.58.